The van der Waals surface area contributed by atoms with E-state index in [0.29, 0.717) is 6.54 Å². The van der Waals surface area contributed by atoms with E-state index in [2.05, 4.69) is 47.7 Å². The molecular formula is C17H23N3O. The number of amides is 1. The van der Waals surface area contributed by atoms with E-state index in [1.54, 1.807) is 0 Å². The molecule has 0 bridgehead atoms. The van der Waals surface area contributed by atoms with Gasteiger partial charge in [-0.3, -0.25) is 4.79 Å². The van der Waals surface area contributed by atoms with Crippen LogP contribution in [0.2, 0.25) is 0 Å². The van der Waals surface area contributed by atoms with Crippen LogP contribution in [0.1, 0.15) is 30.8 Å². The van der Waals surface area contributed by atoms with Gasteiger partial charge in [-0.05, 0) is 44.0 Å². The lowest BCUT2D eigenvalue weighted by atomic mass is 10.1. The molecule has 1 amide bonds. The van der Waals surface area contributed by atoms with Crippen molar-refractivity contribution in [1.29, 1.82) is 0 Å². The molecule has 0 aliphatic heterocycles. The van der Waals surface area contributed by atoms with Crippen molar-refractivity contribution in [2.75, 3.05) is 6.54 Å². The van der Waals surface area contributed by atoms with Gasteiger partial charge < -0.3 is 5.32 Å². The van der Waals surface area contributed by atoms with Gasteiger partial charge in [-0.25, -0.2) is 4.68 Å². The number of carbonyl (C=O) groups is 1. The van der Waals surface area contributed by atoms with Gasteiger partial charge in [0.25, 0.3) is 0 Å². The van der Waals surface area contributed by atoms with Crippen molar-refractivity contribution in [3.05, 3.63) is 47.3 Å². The number of benzene rings is 1. The topological polar surface area (TPSA) is 46.9 Å². The van der Waals surface area contributed by atoms with Crippen LogP contribution in [0.5, 0.6) is 0 Å². The van der Waals surface area contributed by atoms with Gasteiger partial charge in [0.1, 0.15) is 0 Å². The molecule has 0 fully saturated rings. The predicted molar refractivity (Wildman–Crippen MR) is 84.6 cm³/mol. The van der Waals surface area contributed by atoms with Crippen molar-refractivity contribution < 1.29 is 4.79 Å². The van der Waals surface area contributed by atoms with E-state index in [0.717, 1.165) is 23.5 Å². The summed E-state index contributed by atoms with van der Waals surface area (Å²) < 4.78 is 1.94. The fraction of sp³-hybridized carbons (Fsp3) is 0.412. The van der Waals surface area contributed by atoms with Crippen molar-refractivity contribution in [2.45, 2.75) is 34.1 Å². The minimum absolute atomic E-state index is 0.0402. The summed E-state index contributed by atoms with van der Waals surface area (Å²) in [6.07, 6.45) is 0.843. The normalized spacial score (nSPS) is 10.9. The molecule has 21 heavy (non-hydrogen) atoms. The Morgan fingerprint density at radius 2 is 1.90 bits per heavy atom. The molecule has 0 unspecified atom stereocenters. The molecule has 0 saturated carbocycles. The summed E-state index contributed by atoms with van der Waals surface area (Å²) >= 11 is 0. The third-order valence-electron chi connectivity index (χ3n) is 3.43. The summed E-state index contributed by atoms with van der Waals surface area (Å²) in [6.45, 7) is 8.53. The van der Waals surface area contributed by atoms with Gasteiger partial charge in [0.15, 0.2) is 0 Å². The first-order chi connectivity index (χ1) is 9.97. The van der Waals surface area contributed by atoms with Crippen molar-refractivity contribution in [3.63, 3.8) is 0 Å². The molecule has 2 rings (SSSR count). The van der Waals surface area contributed by atoms with Crippen LogP contribution in [0.25, 0.3) is 5.69 Å². The average Bonchev–Trinajstić information content (AvgIpc) is 2.78. The van der Waals surface area contributed by atoms with Crippen molar-refractivity contribution in [1.82, 2.24) is 15.1 Å². The van der Waals surface area contributed by atoms with Gasteiger partial charge in [-0.2, -0.15) is 5.10 Å². The summed E-state index contributed by atoms with van der Waals surface area (Å²) in [6, 6.07) is 10.4. The molecule has 0 aliphatic carbocycles. The Bertz CT molecular complexity index is 611. The molecule has 1 aromatic heterocycles. The lowest BCUT2D eigenvalue weighted by Gasteiger charge is -2.09. The zero-order valence-electron chi connectivity index (χ0n) is 13.2. The van der Waals surface area contributed by atoms with Gasteiger partial charge in [0.05, 0.1) is 11.4 Å². The summed E-state index contributed by atoms with van der Waals surface area (Å²) in [5, 5.41) is 7.41. The fourth-order valence-electron chi connectivity index (χ4n) is 2.23. The molecule has 112 valence electrons. The number of rotatable bonds is 5. The largest absolute Gasteiger partial charge is 0.356 e. The zero-order valence-corrected chi connectivity index (χ0v) is 13.2. The molecule has 4 nitrogen and oxygen atoms in total. The molecule has 0 spiro atoms. The van der Waals surface area contributed by atoms with Crippen LogP contribution >= 0.6 is 0 Å². The van der Waals surface area contributed by atoms with E-state index in [9.17, 15) is 4.79 Å². The van der Waals surface area contributed by atoms with Crippen LogP contribution in [0, 0.1) is 19.8 Å². The van der Waals surface area contributed by atoms with Gasteiger partial charge in [-0.1, -0.05) is 26.0 Å². The summed E-state index contributed by atoms with van der Waals surface area (Å²) in [5.74, 6) is 0.146. The third-order valence-corrected chi connectivity index (χ3v) is 3.43. The molecule has 0 aliphatic rings. The van der Waals surface area contributed by atoms with E-state index in [-0.39, 0.29) is 11.8 Å². The lowest BCUT2D eigenvalue weighted by Crippen LogP contribution is -2.29. The van der Waals surface area contributed by atoms with Crippen LogP contribution in [0.3, 0.4) is 0 Å². The van der Waals surface area contributed by atoms with E-state index >= 15 is 0 Å². The molecule has 0 radical (unpaired) electrons. The minimum atomic E-state index is 0.0402. The van der Waals surface area contributed by atoms with Crippen molar-refractivity contribution >= 4 is 5.91 Å². The highest BCUT2D eigenvalue weighted by Crippen LogP contribution is 2.13. The molecule has 1 N–H and O–H groups in total. The standard InChI is InChI=1S/C17H23N3O/c1-12(2)17(21)18-10-9-15-5-7-16(8-6-15)20-14(4)11-13(3)19-20/h5-8,11-12H,9-10H2,1-4H3,(H,18,21). The van der Waals surface area contributed by atoms with E-state index in [4.69, 9.17) is 0 Å². The first-order valence-corrected chi connectivity index (χ1v) is 7.37. The first kappa shape index (κ1) is 15.3. The number of nitrogens with one attached hydrogen (secondary N) is 1. The van der Waals surface area contributed by atoms with Crippen LogP contribution in [0.4, 0.5) is 0 Å². The summed E-state index contributed by atoms with van der Waals surface area (Å²) in [5.41, 5.74) is 4.43. The number of hydrogen-bond donors (Lipinski definition) is 1. The molecular weight excluding hydrogens is 262 g/mol. The Labute approximate surface area is 126 Å². The number of nitrogens with zero attached hydrogens (tertiary/aromatic N) is 2. The monoisotopic (exact) mass is 285 g/mol. The number of hydrogen-bond acceptors (Lipinski definition) is 2. The Morgan fingerprint density at radius 3 is 2.43 bits per heavy atom. The average molecular weight is 285 g/mol. The van der Waals surface area contributed by atoms with Crippen molar-refractivity contribution in [3.8, 4) is 5.69 Å². The SMILES string of the molecule is Cc1cc(C)n(-c2ccc(CCNC(=O)C(C)C)cc2)n1. The summed E-state index contributed by atoms with van der Waals surface area (Å²) in [7, 11) is 0. The highest BCUT2D eigenvalue weighted by Gasteiger charge is 2.06. The highest BCUT2D eigenvalue weighted by molar-refractivity contribution is 5.77. The highest BCUT2D eigenvalue weighted by atomic mass is 16.1. The quantitative estimate of drug-likeness (QED) is 0.918. The smallest absolute Gasteiger partial charge is 0.222 e. The Morgan fingerprint density at radius 1 is 1.24 bits per heavy atom. The van der Waals surface area contributed by atoms with Crippen LogP contribution < -0.4 is 5.32 Å². The molecule has 1 aromatic carbocycles. The maximum atomic E-state index is 11.5. The zero-order chi connectivity index (χ0) is 15.4. The molecule has 0 saturated heterocycles. The Balaban J connectivity index is 1.96. The maximum absolute atomic E-state index is 11.5. The molecule has 1 heterocycles. The van der Waals surface area contributed by atoms with E-state index in [1.807, 2.05) is 25.5 Å². The van der Waals surface area contributed by atoms with E-state index in [1.165, 1.54) is 5.56 Å². The predicted octanol–water partition coefficient (Wildman–Crippen LogP) is 2.80. The fourth-order valence-corrected chi connectivity index (χ4v) is 2.23. The van der Waals surface area contributed by atoms with Gasteiger partial charge >= 0.3 is 0 Å². The lowest BCUT2D eigenvalue weighted by molar-refractivity contribution is -0.123. The number of aryl methyl sites for hydroxylation is 2. The second kappa shape index (κ2) is 6.57. The van der Waals surface area contributed by atoms with Gasteiger partial charge in [0, 0.05) is 18.2 Å². The second-order valence-electron chi connectivity index (χ2n) is 5.70. The number of carbonyl (C=O) groups excluding carboxylic acids is 1. The van der Waals surface area contributed by atoms with Gasteiger partial charge in [-0.15, -0.1) is 0 Å². The minimum Gasteiger partial charge on any atom is -0.356 e. The summed E-state index contributed by atoms with van der Waals surface area (Å²) in [4.78, 5) is 11.5. The second-order valence-corrected chi connectivity index (χ2v) is 5.70. The molecule has 2 aromatic rings. The Hall–Kier alpha value is -2.10. The van der Waals surface area contributed by atoms with Gasteiger partial charge in [0.2, 0.25) is 5.91 Å². The number of aromatic nitrogens is 2. The van der Waals surface area contributed by atoms with Crippen LogP contribution in [0.15, 0.2) is 30.3 Å². The molecule has 4 heteroatoms. The Kier molecular flexibility index (Phi) is 4.78. The first-order valence-electron chi connectivity index (χ1n) is 7.37. The maximum Gasteiger partial charge on any atom is 0.222 e. The molecule has 0 atom stereocenters. The van der Waals surface area contributed by atoms with E-state index < -0.39 is 0 Å². The van der Waals surface area contributed by atoms with Crippen LogP contribution in [-0.4, -0.2) is 22.2 Å². The van der Waals surface area contributed by atoms with Crippen molar-refractivity contribution in [2.24, 2.45) is 5.92 Å². The van der Waals surface area contributed by atoms with Crippen LogP contribution in [-0.2, 0) is 11.2 Å². The third kappa shape index (κ3) is 3.94.